The van der Waals surface area contributed by atoms with Gasteiger partial charge in [-0.15, -0.1) is 0 Å². The monoisotopic (exact) mass is 646 g/mol. The second-order valence-electron chi connectivity index (χ2n) is 9.96. The number of amides is 1. The Kier molecular flexibility index (Phi) is 16.7. The van der Waals surface area contributed by atoms with Crippen molar-refractivity contribution in [2.45, 2.75) is 26.9 Å². The van der Waals surface area contributed by atoms with Gasteiger partial charge in [0.05, 0.1) is 67.5 Å². The number of rotatable bonds is 11. The van der Waals surface area contributed by atoms with Gasteiger partial charge in [-0.05, 0) is 25.1 Å². The Hall–Kier alpha value is -4.78. The molecule has 46 heavy (non-hydrogen) atoms. The molecule has 2 aromatic carbocycles. The Morgan fingerprint density at radius 3 is 1.80 bits per heavy atom. The van der Waals surface area contributed by atoms with Crippen LogP contribution in [0.1, 0.15) is 25.0 Å². The molecule has 0 spiro atoms. The van der Waals surface area contributed by atoms with Crippen LogP contribution in [-0.4, -0.2) is 85.0 Å². The summed E-state index contributed by atoms with van der Waals surface area (Å²) in [4.78, 5) is 47.4. The SMILES string of the molecule is C=C(C(=O)OC)C(C)C(=O)OC.COC(=O)C1CN(Cc2ccc(OC)cc2OC)C(=O)C1C.COc1ccc(CN)c(OC)c1. The van der Waals surface area contributed by atoms with Crippen molar-refractivity contribution in [2.24, 2.45) is 23.5 Å². The van der Waals surface area contributed by atoms with E-state index in [9.17, 15) is 19.2 Å². The van der Waals surface area contributed by atoms with E-state index in [2.05, 4.69) is 16.1 Å². The smallest absolute Gasteiger partial charge is 0.333 e. The summed E-state index contributed by atoms with van der Waals surface area (Å²) in [5, 5.41) is 0. The van der Waals surface area contributed by atoms with Crippen LogP contribution in [-0.2, 0) is 46.5 Å². The van der Waals surface area contributed by atoms with Crippen LogP contribution in [0, 0.1) is 17.8 Å². The molecule has 1 aliphatic rings. The van der Waals surface area contributed by atoms with Crippen molar-refractivity contribution >= 4 is 23.8 Å². The zero-order valence-electron chi connectivity index (χ0n) is 28.0. The number of benzene rings is 2. The zero-order valence-corrected chi connectivity index (χ0v) is 28.0. The molecule has 0 aromatic heterocycles. The van der Waals surface area contributed by atoms with E-state index >= 15 is 0 Å². The van der Waals surface area contributed by atoms with E-state index in [4.69, 9.17) is 29.4 Å². The number of hydrogen-bond acceptors (Lipinski definition) is 12. The van der Waals surface area contributed by atoms with Gasteiger partial charge in [0.1, 0.15) is 23.0 Å². The van der Waals surface area contributed by atoms with Gasteiger partial charge in [0, 0.05) is 48.5 Å². The van der Waals surface area contributed by atoms with Crippen LogP contribution in [0.2, 0.25) is 0 Å². The Morgan fingerprint density at radius 1 is 0.848 bits per heavy atom. The average molecular weight is 647 g/mol. The molecule has 1 aliphatic heterocycles. The molecule has 1 saturated heterocycles. The number of methoxy groups -OCH3 is 7. The van der Waals surface area contributed by atoms with Gasteiger partial charge in [-0.3, -0.25) is 14.4 Å². The highest BCUT2D eigenvalue weighted by Crippen LogP contribution is 2.31. The molecule has 13 nitrogen and oxygen atoms in total. The molecule has 1 fully saturated rings. The summed E-state index contributed by atoms with van der Waals surface area (Å²) in [6, 6.07) is 11.0. The van der Waals surface area contributed by atoms with Crippen LogP contribution in [0.25, 0.3) is 0 Å². The molecule has 0 aliphatic carbocycles. The van der Waals surface area contributed by atoms with Crippen LogP contribution in [0.15, 0.2) is 48.6 Å². The lowest BCUT2D eigenvalue weighted by Crippen LogP contribution is -2.26. The van der Waals surface area contributed by atoms with Crippen LogP contribution >= 0.6 is 0 Å². The van der Waals surface area contributed by atoms with Gasteiger partial charge in [-0.25, -0.2) is 4.79 Å². The van der Waals surface area contributed by atoms with Gasteiger partial charge in [-0.2, -0.15) is 0 Å². The van der Waals surface area contributed by atoms with E-state index in [-0.39, 0.29) is 23.4 Å². The molecule has 1 amide bonds. The third kappa shape index (κ3) is 10.7. The molecule has 13 heteroatoms. The summed E-state index contributed by atoms with van der Waals surface area (Å²) in [5.74, 6) is -0.00567. The number of carbonyl (C=O) groups excluding carboxylic acids is 4. The first-order valence-corrected chi connectivity index (χ1v) is 14.2. The minimum atomic E-state index is -0.651. The minimum absolute atomic E-state index is 0.0479. The Balaban J connectivity index is 0.000000376. The van der Waals surface area contributed by atoms with Gasteiger partial charge < -0.3 is 43.8 Å². The molecule has 0 radical (unpaired) electrons. The van der Waals surface area contributed by atoms with Crippen molar-refractivity contribution in [3.63, 3.8) is 0 Å². The van der Waals surface area contributed by atoms with E-state index in [0.29, 0.717) is 31.1 Å². The van der Waals surface area contributed by atoms with Gasteiger partial charge in [0.25, 0.3) is 0 Å². The summed E-state index contributed by atoms with van der Waals surface area (Å²) in [7, 11) is 10.2. The fourth-order valence-corrected chi connectivity index (χ4v) is 4.35. The maximum Gasteiger partial charge on any atom is 0.333 e. The first-order valence-electron chi connectivity index (χ1n) is 14.2. The fraction of sp³-hybridized carbons (Fsp3) is 0.455. The summed E-state index contributed by atoms with van der Waals surface area (Å²) in [6.07, 6.45) is 0. The number of likely N-dealkylation sites (tertiary alicyclic amines) is 1. The molecule has 3 unspecified atom stereocenters. The Bertz CT molecular complexity index is 1340. The third-order valence-electron chi connectivity index (χ3n) is 7.32. The van der Waals surface area contributed by atoms with Crippen molar-refractivity contribution in [3.05, 3.63) is 59.7 Å². The third-order valence-corrected chi connectivity index (χ3v) is 7.32. The summed E-state index contributed by atoms with van der Waals surface area (Å²) in [6.45, 7) is 7.95. The second-order valence-corrected chi connectivity index (χ2v) is 9.96. The van der Waals surface area contributed by atoms with Crippen molar-refractivity contribution in [2.75, 3.05) is 56.3 Å². The highest BCUT2D eigenvalue weighted by Gasteiger charge is 2.42. The van der Waals surface area contributed by atoms with Crippen LogP contribution in [0.5, 0.6) is 23.0 Å². The second kappa shape index (κ2) is 19.6. The van der Waals surface area contributed by atoms with Gasteiger partial charge in [-0.1, -0.05) is 19.6 Å². The normalized spacial score (nSPS) is 15.5. The molecule has 0 saturated carbocycles. The molecular weight excluding hydrogens is 600 g/mol. The van der Waals surface area contributed by atoms with Crippen molar-refractivity contribution in [3.8, 4) is 23.0 Å². The molecule has 3 rings (SSSR count). The predicted octanol–water partition coefficient (Wildman–Crippen LogP) is 3.16. The number of hydrogen-bond donors (Lipinski definition) is 1. The highest BCUT2D eigenvalue weighted by atomic mass is 16.5. The largest absolute Gasteiger partial charge is 0.497 e. The van der Waals surface area contributed by atoms with E-state index in [0.717, 1.165) is 22.6 Å². The van der Waals surface area contributed by atoms with Gasteiger partial charge in [0.2, 0.25) is 5.91 Å². The van der Waals surface area contributed by atoms with Gasteiger partial charge >= 0.3 is 17.9 Å². The molecule has 3 atom stereocenters. The topological polar surface area (TPSA) is 162 Å². The Labute approximate surface area is 270 Å². The van der Waals surface area contributed by atoms with E-state index in [1.54, 1.807) is 46.3 Å². The number of esters is 3. The molecule has 1 heterocycles. The maximum absolute atomic E-state index is 12.3. The lowest BCUT2D eigenvalue weighted by Gasteiger charge is -2.18. The molecular formula is C33H46N2O11. The standard InChI is InChI=1S/C16H21NO5.C9H13NO2.C8H12O4/c1-10-13(16(19)22-4)9-17(15(10)18)8-11-5-6-12(20-2)7-14(11)21-3;1-11-8-4-3-7(6-10)9(5-8)12-2;1-5(7(9)11-3)6(2)8(10)12-4/h5-7,10,13H,8-9H2,1-4H3;3-5H,6,10H2,1-2H3;6H,1H2,2-4H3. The predicted molar refractivity (Wildman–Crippen MR) is 169 cm³/mol. The van der Waals surface area contributed by atoms with Gasteiger partial charge in [0.15, 0.2) is 0 Å². The molecule has 0 bridgehead atoms. The van der Waals surface area contributed by atoms with Crippen LogP contribution < -0.4 is 24.7 Å². The first kappa shape index (κ1) is 39.2. The highest BCUT2D eigenvalue weighted by molar-refractivity contribution is 5.94. The molecule has 2 N–H and O–H groups in total. The van der Waals surface area contributed by atoms with Crippen molar-refractivity contribution in [1.82, 2.24) is 4.90 Å². The fourth-order valence-electron chi connectivity index (χ4n) is 4.35. The lowest BCUT2D eigenvalue weighted by molar-refractivity contribution is -0.147. The maximum atomic E-state index is 12.3. The molecule has 254 valence electrons. The van der Waals surface area contributed by atoms with Crippen LogP contribution in [0.4, 0.5) is 0 Å². The quantitative estimate of drug-likeness (QED) is 0.216. The van der Waals surface area contributed by atoms with E-state index in [1.807, 2.05) is 30.3 Å². The van der Waals surface area contributed by atoms with E-state index in [1.165, 1.54) is 28.3 Å². The Morgan fingerprint density at radius 2 is 1.37 bits per heavy atom. The van der Waals surface area contributed by atoms with Crippen molar-refractivity contribution < 1.29 is 52.3 Å². The summed E-state index contributed by atoms with van der Waals surface area (Å²) >= 11 is 0. The number of ether oxygens (including phenoxy) is 7. The first-order chi connectivity index (χ1) is 21.9. The zero-order chi connectivity index (χ0) is 35.0. The lowest BCUT2D eigenvalue weighted by atomic mass is 9.98. The van der Waals surface area contributed by atoms with E-state index < -0.39 is 23.8 Å². The number of nitrogens with zero attached hydrogens (tertiary/aromatic N) is 1. The number of nitrogens with two attached hydrogens (primary N) is 1. The van der Waals surface area contributed by atoms with Crippen LogP contribution in [0.3, 0.4) is 0 Å². The summed E-state index contributed by atoms with van der Waals surface area (Å²) in [5.41, 5.74) is 7.45. The summed E-state index contributed by atoms with van der Waals surface area (Å²) < 4.78 is 34.2. The average Bonchev–Trinajstić information content (AvgIpc) is 3.38. The molecule has 2 aromatic rings. The minimum Gasteiger partial charge on any atom is -0.497 e. The number of carbonyl (C=O) groups is 4. The van der Waals surface area contributed by atoms with Crippen molar-refractivity contribution in [1.29, 1.82) is 0 Å².